The predicted molar refractivity (Wildman–Crippen MR) is 129 cm³/mol. The molecule has 0 unspecified atom stereocenters. The lowest BCUT2D eigenvalue weighted by Gasteiger charge is -2.43. The number of H-pyrrole nitrogens is 1. The van der Waals surface area contributed by atoms with Crippen LogP contribution in [0.15, 0.2) is 24.5 Å². The number of fused-ring (bicyclic) bond motifs is 2. The summed E-state index contributed by atoms with van der Waals surface area (Å²) in [6.07, 6.45) is 9.70. The Morgan fingerprint density at radius 2 is 1.92 bits per heavy atom. The van der Waals surface area contributed by atoms with Crippen LogP contribution < -0.4 is 0 Å². The first-order valence-corrected chi connectivity index (χ1v) is 12.5. The summed E-state index contributed by atoms with van der Waals surface area (Å²) in [7, 11) is 2.21. The van der Waals surface area contributed by atoms with Crippen LogP contribution in [0, 0.1) is 5.92 Å². The molecular formula is C25H35N5O6. The first kappa shape index (κ1) is 25.9. The number of imidazole rings is 1. The van der Waals surface area contributed by atoms with Crippen molar-refractivity contribution < 1.29 is 29.3 Å². The molecular weight excluding hydrogens is 466 g/mol. The summed E-state index contributed by atoms with van der Waals surface area (Å²) >= 11 is 0. The summed E-state index contributed by atoms with van der Waals surface area (Å²) in [5.41, 5.74) is 2.08. The fourth-order valence-corrected chi connectivity index (χ4v) is 5.04. The Hall–Kier alpha value is -3.18. The molecule has 0 bridgehead atoms. The summed E-state index contributed by atoms with van der Waals surface area (Å²) in [4.78, 5) is 43.3. The van der Waals surface area contributed by atoms with Crippen molar-refractivity contribution in [2.45, 2.75) is 57.2 Å². The van der Waals surface area contributed by atoms with E-state index in [1.54, 1.807) is 0 Å². The smallest absolute Gasteiger partial charge is 0.414 e. The Morgan fingerprint density at radius 1 is 1.19 bits per heavy atom. The summed E-state index contributed by atoms with van der Waals surface area (Å²) in [6, 6.07) is 4.01. The van der Waals surface area contributed by atoms with Gasteiger partial charge in [0.15, 0.2) is 0 Å². The fourth-order valence-electron chi connectivity index (χ4n) is 5.04. The van der Waals surface area contributed by atoms with Crippen molar-refractivity contribution in [1.29, 1.82) is 0 Å². The van der Waals surface area contributed by atoms with Crippen LogP contribution in [0.1, 0.15) is 49.3 Å². The lowest BCUT2D eigenvalue weighted by molar-refractivity contribution is -0.159. The molecule has 3 aliphatic rings. The fraction of sp³-hybridized carbons (Fsp3) is 0.600. The van der Waals surface area contributed by atoms with Crippen LogP contribution in [-0.4, -0.2) is 85.7 Å². The van der Waals surface area contributed by atoms with Crippen molar-refractivity contribution in [1.82, 2.24) is 24.3 Å². The second kappa shape index (κ2) is 11.3. The number of ether oxygens (including phenoxy) is 1. The average molecular weight is 502 g/mol. The number of aromatic amines is 1. The van der Waals surface area contributed by atoms with Gasteiger partial charge >= 0.3 is 11.9 Å². The van der Waals surface area contributed by atoms with Gasteiger partial charge in [-0.05, 0) is 44.4 Å². The summed E-state index contributed by atoms with van der Waals surface area (Å²) in [5, 5.41) is 14.8. The molecule has 11 nitrogen and oxygen atoms in total. The van der Waals surface area contributed by atoms with Gasteiger partial charge in [-0.2, -0.15) is 0 Å². The Morgan fingerprint density at radius 3 is 2.53 bits per heavy atom. The first-order valence-electron chi connectivity index (χ1n) is 12.5. The van der Waals surface area contributed by atoms with Crippen LogP contribution in [0.5, 0.6) is 0 Å². The number of nitrogens with zero attached hydrogens (tertiary/aromatic N) is 4. The number of aliphatic carboxylic acids is 2. The third-order valence-electron chi connectivity index (χ3n) is 7.12. The van der Waals surface area contributed by atoms with Gasteiger partial charge in [0, 0.05) is 70.1 Å². The van der Waals surface area contributed by atoms with Crippen molar-refractivity contribution in [2.75, 3.05) is 33.3 Å². The number of carbonyl (C=O) groups is 3. The molecule has 1 saturated heterocycles. The number of carboxylic acids is 2. The zero-order valence-corrected chi connectivity index (χ0v) is 20.7. The molecule has 4 heterocycles. The first-order chi connectivity index (χ1) is 17.3. The van der Waals surface area contributed by atoms with Gasteiger partial charge in [0.2, 0.25) is 5.91 Å². The minimum atomic E-state index is -1.82. The molecule has 2 aromatic rings. The quantitative estimate of drug-likeness (QED) is 0.487. The summed E-state index contributed by atoms with van der Waals surface area (Å²) in [6.45, 7) is 5.22. The summed E-state index contributed by atoms with van der Waals surface area (Å²) in [5.74, 6) is -1.44. The zero-order chi connectivity index (χ0) is 25.7. The maximum absolute atomic E-state index is 12.7. The molecule has 2 aliphatic heterocycles. The van der Waals surface area contributed by atoms with Crippen LogP contribution in [0.2, 0.25) is 0 Å². The van der Waals surface area contributed by atoms with Gasteiger partial charge in [0.1, 0.15) is 11.4 Å². The van der Waals surface area contributed by atoms with E-state index in [1.807, 2.05) is 29.4 Å². The number of hydrogen-bond acceptors (Lipinski definition) is 6. The van der Waals surface area contributed by atoms with E-state index in [1.165, 1.54) is 25.1 Å². The van der Waals surface area contributed by atoms with Crippen LogP contribution in [0.4, 0.5) is 0 Å². The highest BCUT2D eigenvalue weighted by Gasteiger charge is 2.44. The molecule has 3 N–H and O–H groups in total. The van der Waals surface area contributed by atoms with E-state index in [0.717, 1.165) is 69.5 Å². The highest BCUT2D eigenvalue weighted by atomic mass is 16.5. The lowest BCUT2D eigenvalue weighted by Crippen LogP contribution is -2.50. The Kier molecular flexibility index (Phi) is 8.10. The molecule has 1 saturated carbocycles. The number of rotatable bonds is 7. The average Bonchev–Trinajstić information content (AvgIpc) is 3.33. The van der Waals surface area contributed by atoms with Crippen molar-refractivity contribution in [2.24, 2.45) is 5.92 Å². The van der Waals surface area contributed by atoms with Crippen molar-refractivity contribution >= 4 is 17.8 Å². The van der Waals surface area contributed by atoms with Gasteiger partial charge in [-0.1, -0.05) is 0 Å². The van der Waals surface area contributed by atoms with E-state index >= 15 is 0 Å². The van der Waals surface area contributed by atoms with Crippen molar-refractivity contribution in [3.05, 3.63) is 41.7 Å². The molecule has 2 aromatic heterocycles. The van der Waals surface area contributed by atoms with Crippen LogP contribution in [0.25, 0.3) is 0 Å². The molecule has 1 amide bonds. The SMILES string of the molecule is CN(Cc1cnc2n1CCOC21CCN(C(=O)CCc2ccc[nH]2)CC1)CC1CC1.O=C(O)C(=O)O. The maximum atomic E-state index is 12.7. The van der Waals surface area contributed by atoms with E-state index in [0.29, 0.717) is 6.42 Å². The Labute approximate surface area is 210 Å². The number of aryl methyl sites for hydroxylation is 1. The minimum absolute atomic E-state index is 0.237. The van der Waals surface area contributed by atoms with E-state index in [4.69, 9.17) is 29.5 Å². The molecule has 36 heavy (non-hydrogen) atoms. The molecule has 1 aliphatic carbocycles. The molecule has 2 fully saturated rings. The number of nitrogens with one attached hydrogen (secondary N) is 1. The van der Waals surface area contributed by atoms with Crippen LogP contribution >= 0.6 is 0 Å². The molecule has 1 spiro atoms. The predicted octanol–water partition coefficient (Wildman–Crippen LogP) is 1.69. The minimum Gasteiger partial charge on any atom is -0.473 e. The maximum Gasteiger partial charge on any atom is 0.414 e. The van der Waals surface area contributed by atoms with Gasteiger partial charge in [-0.25, -0.2) is 14.6 Å². The second-order valence-electron chi connectivity index (χ2n) is 9.89. The molecule has 5 rings (SSSR count). The Balaban J connectivity index is 0.000000455. The largest absolute Gasteiger partial charge is 0.473 e. The molecule has 11 heteroatoms. The third kappa shape index (κ3) is 6.33. The van der Waals surface area contributed by atoms with Gasteiger partial charge in [-0.3, -0.25) is 4.79 Å². The number of likely N-dealkylation sites (tertiary alicyclic amines) is 1. The van der Waals surface area contributed by atoms with E-state index in [2.05, 4.69) is 21.5 Å². The molecule has 0 atom stereocenters. The normalized spacial score (nSPS) is 18.4. The highest BCUT2D eigenvalue weighted by Crippen LogP contribution is 2.39. The lowest BCUT2D eigenvalue weighted by atomic mass is 9.89. The molecule has 0 aromatic carbocycles. The number of aromatic nitrogens is 3. The van der Waals surface area contributed by atoms with E-state index in [-0.39, 0.29) is 11.5 Å². The van der Waals surface area contributed by atoms with Gasteiger partial charge in [0.25, 0.3) is 0 Å². The number of amides is 1. The van der Waals surface area contributed by atoms with Crippen LogP contribution in [0.3, 0.4) is 0 Å². The molecule has 196 valence electrons. The zero-order valence-electron chi connectivity index (χ0n) is 20.7. The number of hydrogen-bond donors (Lipinski definition) is 3. The third-order valence-corrected chi connectivity index (χ3v) is 7.12. The van der Waals surface area contributed by atoms with E-state index in [9.17, 15) is 4.79 Å². The number of carbonyl (C=O) groups excluding carboxylic acids is 1. The monoisotopic (exact) mass is 501 g/mol. The van der Waals surface area contributed by atoms with Crippen LogP contribution in [-0.2, 0) is 44.2 Å². The number of carboxylic acid groups (broad SMARTS) is 2. The van der Waals surface area contributed by atoms with Crippen molar-refractivity contribution in [3.63, 3.8) is 0 Å². The van der Waals surface area contributed by atoms with Gasteiger partial charge in [-0.15, -0.1) is 0 Å². The number of piperidine rings is 1. The molecule has 0 radical (unpaired) electrons. The topological polar surface area (TPSA) is 141 Å². The Bertz CT molecular complexity index is 1040. The van der Waals surface area contributed by atoms with Gasteiger partial charge in [0.05, 0.1) is 12.3 Å². The highest BCUT2D eigenvalue weighted by molar-refractivity contribution is 6.27. The summed E-state index contributed by atoms with van der Waals surface area (Å²) < 4.78 is 8.72. The second-order valence-corrected chi connectivity index (χ2v) is 9.89. The standard InChI is InChI=1S/C23H33N5O2.C2H2O4/c1-26(16-18-4-5-18)17-20-15-25-22-23(30-14-13-28(20)22)8-11-27(12-9-23)21(29)7-6-19-3-2-10-24-19;3-1(4)2(5)6/h2-3,10,15,18,24H,4-9,11-14,16-17H2,1H3;(H,3,4)(H,5,6). The van der Waals surface area contributed by atoms with E-state index < -0.39 is 11.9 Å². The van der Waals surface area contributed by atoms with Crippen molar-refractivity contribution in [3.8, 4) is 0 Å². The van der Waals surface area contributed by atoms with Gasteiger partial charge < -0.3 is 34.3 Å².